The molecule has 29 heavy (non-hydrogen) atoms. The third kappa shape index (κ3) is 3.27. The fourth-order valence-electron chi connectivity index (χ4n) is 3.99. The molecule has 4 aromatic rings. The molecule has 0 atom stereocenters. The second kappa shape index (κ2) is 7.13. The maximum Gasteiger partial charge on any atom is 0.255 e. The lowest BCUT2D eigenvalue weighted by Gasteiger charge is -2.15. The molecule has 3 nitrogen and oxygen atoms in total. The number of amides is 1. The van der Waals surface area contributed by atoms with Crippen LogP contribution in [0.15, 0.2) is 78.9 Å². The van der Waals surface area contributed by atoms with E-state index in [-0.39, 0.29) is 11.7 Å². The Hall–Kier alpha value is -3.53. The Labute approximate surface area is 168 Å². The molecule has 0 bridgehead atoms. The van der Waals surface area contributed by atoms with Crippen molar-refractivity contribution >= 4 is 16.8 Å². The average Bonchev–Trinajstić information content (AvgIpc) is 3.08. The minimum atomic E-state index is -0.301. The monoisotopic (exact) mass is 382 g/mol. The molecule has 0 saturated heterocycles. The largest absolute Gasteiger partial charge is 0.334 e. The Balaban J connectivity index is 1.38. The number of fused-ring (bicyclic) bond motifs is 2. The van der Waals surface area contributed by atoms with Crippen molar-refractivity contribution in [2.24, 2.45) is 0 Å². The van der Waals surface area contributed by atoms with Gasteiger partial charge in [-0.3, -0.25) is 9.78 Å². The predicted molar refractivity (Wildman–Crippen MR) is 112 cm³/mol. The van der Waals surface area contributed by atoms with Gasteiger partial charge in [-0.2, -0.15) is 0 Å². The van der Waals surface area contributed by atoms with E-state index < -0.39 is 0 Å². The summed E-state index contributed by atoms with van der Waals surface area (Å²) in [5.41, 5.74) is 5.13. The highest BCUT2D eigenvalue weighted by Gasteiger charge is 2.29. The van der Waals surface area contributed by atoms with E-state index in [0.717, 1.165) is 33.3 Å². The maximum atomic E-state index is 13.7. The quantitative estimate of drug-likeness (QED) is 0.484. The zero-order chi connectivity index (χ0) is 19.8. The molecular weight excluding hydrogens is 363 g/mol. The van der Waals surface area contributed by atoms with Gasteiger partial charge in [0, 0.05) is 30.6 Å². The van der Waals surface area contributed by atoms with Gasteiger partial charge in [-0.05, 0) is 41.0 Å². The molecule has 0 aliphatic carbocycles. The highest BCUT2D eigenvalue weighted by molar-refractivity contribution is 6.04. The molecule has 0 spiro atoms. The minimum Gasteiger partial charge on any atom is -0.334 e. The smallest absolute Gasteiger partial charge is 0.255 e. The molecule has 0 saturated carbocycles. The number of benzene rings is 3. The number of pyridine rings is 1. The first-order valence-electron chi connectivity index (χ1n) is 9.71. The number of nitrogens with zero attached hydrogens (tertiary/aromatic N) is 2. The fourth-order valence-corrected chi connectivity index (χ4v) is 3.99. The van der Waals surface area contributed by atoms with Gasteiger partial charge in [0.2, 0.25) is 0 Å². The Bertz CT molecular complexity index is 1230. The van der Waals surface area contributed by atoms with Crippen LogP contribution in [-0.2, 0) is 13.0 Å². The fraction of sp³-hybridized carbons (Fsp3) is 0.120. The predicted octanol–water partition coefficient (Wildman–Crippen LogP) is 5.24. The molecule has 5 rings (SSSR count). The van der Waals surface area contributed by atoms with E-state index in [9.17, 15) is 9.18 Å². The van der Waals surface area contributed by atoms with Crippen LogP contribution >= 0.6 is 0 Å². The zero-order valence-electron chi connectivity index (χ0n) is 15.8. The molecule has 1 aromatic heterocycles. The summed E-state index contributed by atoms with van der Waals surface area (Å²) in [6.45, 7) is 1.17. The summed E-state index contributed by atoms with van der Waals surface area (Å²) in [6, 6.07) is 24.3. The van der Waals surface area contributed by atoms with Gasteiger partial charge in [0.1, 0.15) is 5.82 Å². The van der Waals surface area contributed by atoms with Gasteiger partial charge < -0.3 is 4.90 Å². The number of carbonyl (C=O) groups excluding carboxylic acids is 1. The number of aromatic nitrogens is 1. The normalized spacial score (nSPS) is 13.1. The SMILES string of the molecule is O=C1c2c(cccc2-c2cccc(F)c2)CN1CCc1ccc2ccccc2n1. The molecule has 3 aromatic carbocycles. The standard InChI is InChI=1S/C25H19FN2O/c26-20-8-3-6-18(15-20)22-9-4-7-19-16-28(25(29)24(19)22)14-13-21-12-11-17-5-1-2-10-23(17)27-21/h1-12,15H,13-14,16H2. The third-order valence-electron chi connectivity index (χ3n) is 5.44. The topological polar surface area (TPSA) is 33.2 Å². The van der Waals surface area contributed by atoms with Crippen molar-refractivity contribution in [3.63, 3.8) is 0 Å². The molecule has 0 fully saturated rings. The average molecular weight is 382 g/mol. The van der Waals surface area contributed by atoms with Crippen LogP contribution in [0.25, 0.3) is 22.0 Å². The highest BCUT2D eigenvalue weighted by Crippen LogP contribution is 2.33. The van der Waals surface area contributed by atoms with Crippen LogP contribution in [0.3, 0.4) is 0 Å². The Kier molecular flexibility index (Phi) is 4.32. The molecule has 1 aliphatic rings. The first kappa shape index (κ1) is 17.6. The molecule has 2 heterocycles. The van der Waals surface area contributed by atoms with Crippen molar-refractivity contribution in [3.05, 3.63) is 102 Å². The first-order valence-corrected chi connectivity index (χ1v) is 9.71. The second-order valence-electron chi connectivity index (χ2n) is 7.32. The lowest BCUT2D eigenvalue weighted by Crippen LogP contribution is -2.26. The second-order valence-corrected chi connectivity index (χ2v) is 7.32. The Morgan fingerprint density at radius 3 is 2.69 bits per heavy atom. The van der Waals surface area contributed by atoms with Gasteiger partial charge in [0.15, 0.2) is 0 Å². The molecule has 142 valence electrons. The Morgan fingerprint density at radius 2 is 1.79 bits per heavy atom. The number of hydrogen-bond acceptors (Lipinski definition) is 2. The van der Waals surface area contributed by atoms with Crippen LogP contribution < -0.4 is 0 Å². The van der Waals surface area contributed by atoms with Crippen molar-refractivity contribution in [1.82, 2.24) is 9.88 Å². The van der Waals surface area contributed by atoms with E-state index in [0.29, 0.717) is 25.1 Å². The van der Waals surface area contributed by atoms with E-state index in [1.54, 1.807) is 6.07 Å². The molecule has 0 radical (unpaired) electrons. The van der Waals surface area contributed by atoms with Gasteiger partial charge in [-0.1, -0.05) is 54.6 Å². The van der Waals surface area contributed by atoms with Crippen molar-refractivity contribution in [1.29, 1.82) is 0 Å². The summed E-state index contributed by atoms with van der Waals surface area (Å²) in [5, 5.41) is 1.11. The first-order chi connectivity index (χ1) is 14.2. The van der Waals surface area contributed by atoms with E-state index in [4.69, 9.17) is 4.98 Å². The summed E-state index contributed by atoms with van der Waals surface area (Å²) < 4.78 is 13.7. The molecule has 0 N–H and O–H groups in total. The van der Waals surface area contributed by atoms with Crippen LogP contribution in [0.2, 0.25) is 0 Å². The summed E-state index contributed by atoms with van der Waals surface area (Å²) in [7, 11) is 0. The van der Waals surface area contributed by atoms with Crippen LogP contribution in [0.1, 0.15) is 21.6 Å². The van der Waals surface area contributed by atoms with Gasteiger partial charge in [0.05, 0.1) is 11.1 Å². The number of halogens is 1. The maximum absolute atomic E-state index is 13.7. The number of hydrogen-bond donors (Lipinski definition) is 0. The van der Waals surface area contributed by atoms with Crippen LogP contribution in [-0.4, -0.2) is 22.3 Å². The van der Waals surface area contributed by atoms with Crippen molar-refractivity contribution < 1.29 is 9.18 Å². The molecular formula is C25H19FN2O. The summed E-state index contributed by atoms with van der Waals surface area (Å²) in [4.78, 5) is 19.7. The molecule has 1 amide bonds. The number of carbonyl (C=O) groups is 1. The zero-order valence-corrected chi connectivity index (χ0v) is 15.8. The van der Waals surface area contributed by atoms with Gasteiger partial charge >= 0.3 is 0 Å². The van der Waals surface area contributed by atoms with Gasteiger partial charge in [-0.25, -0.2) is 4.39 Å². The van der Waals surface area contributed by atoms with Crippen molar-refractivity contribution in [2.75, 3.05) is 6.54 Å². The van der Waals surface area contributed by atoms with Crippen molar-refractivity contribution in [2.45, 2.75) is 13.0 Å². The molecule has 1 aliphatic heterocycles. The lowest BCUT2D eigenvalue weighted by molar-refractivity contribution is 0.0780. The lowest BCUT2D eigenvalue weighted by atomic mass is 9.97. The number of rotatable bonds is 4. The summed E-state index contributed by atoms with van der Waals surface area (Å²) >= 11 is 0. The van der Waals surface area contributed by atoms with E-state index in [1.807, 2.05) is 59.5 Å². The Morgan fingerprint density at radius 1 is 0.931 bits per heavy atom. The van der Waals surface area contributed by atoms with Crippen LogP contribution in [0.4, 0.5) is 4.39 Å². The molecule has 4 heteroatoms. The van der Waals surface area contributed by atoms with E-state index in [1.165, 1.54) is 12.1 Å². The van der Waals surface area contributed by atoms with E-state index >= 15 is 0 Å². The van der Waals surface area contributed by atoms with Crippen molar-refractivity contribution in [3.8, 4) is 11.1 Å². The summed E-state index contributed by atoms with van der Waals surface area (Å²) in [6.07, 6.45) is 0.694. The minimum absolute atomic E-state index is 0.000602. The van der Waals surface area contributed by atoms with Crippen LogP contribution in [0, 0.1) is 5.82 Å². The highest BCUT2D eigenvalue weighted by atomic mass is 19.1. The number of para-hydroxylation sites is 1. The summed E-state index contributed by atoms with van der Waals surface area (Å²) in [5.74, 6) is -0.301. The third-order valence-corrected chi connectivity index (χ3v) is 5.44. The molecule has 0 unspecified atom stereocenters. The van der Waals surface area contributed by atoms with Crippen LogP contribution in [0.5, 0.6) is 0 Å². The van der Waals surface area contributed by atoms with E-state index in [2.05, 4.69) is 6.07 Å². The van der Waals surface area contributed by atoms with Gasteiger partial charge in [0.25, 0.3) is 5.91 Å². The van der Waals surface area contributed by atoms with Gasteiger partial charge in [-0.15, -0.1) is 0 Å².